The van der Waals surface area contributed by atoms with Gasteiger partial charge in [0.05, 0.1) is 11.0 Å². The number of para-hydroxylation sites is 2. The second-order valence-electron chi connectivity index (χ2n) is 7.03. The molecule has 1 aliphatic rings. The van der Waals surface area contributed by atoms with Crippen LogP contribution < -0.4 is 10.4 Å². The van der Waals surface area contributed by atoms with Gasteiger partial charge in [0.15, 0.2) is 6.61 Å². The molecule has 1 N–H and O–H groups in total. The Morgan fingerprint density at radius 3 is 2.70 bits per heavy atom. The fraction of sp³-hybridized carbons (Fsp3) is 0.333. The fourth-order valence-electron chi connectivity index (χ4n) is 3.75. The minimum Gasteiger partial charge on any atom is -0.484 e. The van der Waals surface area contributed by atoms with Crippen LogP contribution in [0.25, 0.3) is 11.0 Å². The van der Waals surface area contributed by atoms with Gasteiger partial charge in [0.25, 0.3) is 5.91 Å². The lowest BCUT2D eigenvalue weighted by Crippen LogP contribution is -2.42. The van der Waals surface area contributed by atoms with E-state index in [1.807, 2.05) is 64.9 Å². The first kappa shape index (κ1) is 17.4. The van der Waals surface area contributed by atoms with E-state index in [9.17, 15) is 9.59 Å². The summed E-state index contributed by atoms with van der Waals surface area (Å²) >= 11 is 0. The Bertz CT molecular complexity index is 1010. The number of piperidine rings is 1. The van der Waals surface area contributed by atoms with Gasteiger partial charge in [0.1, 0.15) is 5.75 Å². The summed E-state index contributed by atoms with van der Waals surface area (Å²) in [5.41, 5.74) is 2.80. The number of nitrogens with one attached hydrogen (secondary N) is 1. The van der Waals surface area contributed by atoms with Gasteiger partial charge in [0, 0.05) is 19.1 Å². The van der Waals surface area contributed by atoms with Gasteiger partial charge >= 0.3 is 5.69 Å². The molecule has 0 radical (unpaired) electrons. The van der Waals surface area contributed by atoms with Gasteiger partial charge in [-0.3, -0.25) is 9.36 Å². The average molecular weight is 365 g/mol. The van der Waals surface area contributed by atoms with Crippen molar-refractivity contribution >= 4 is 16.9 Å². The normalized spacial score (nSPS) is 15.2. The summed E-state index contributed by atoms with van der Waals surface area (Å²) in [6.45, 7) is 3.30. The number of likely N-dealkylation sites (tertiary alicyclic amines) is 1. The van der Waals surface area contributed by atoms with Gasteiger partial charge in [-0.25, -0.2) is 4.79 Å². The summed E-state index contributed by atoms with van der Waals surface area (Å²) < 4.78 is 7.46. The second kappa shape index (κ2) is 7.31. The van der Waals surface area contributed by atoms with Crippen LogP contribution in [-0.4, -0.2) is 40.1 Å². The Morgan fingerprint density at radius 2 is 1.93 bits per heavy atom. The maximum absolute atomic E-state index is 12.5. The molecule has 2 heterocycles. The molecule has 1 aromatic heterocycles. The van der Waals surface area contributed by atoms with E-state index in [1.54, 1.807) is 0 Å². The third-order valence-electron chi connectivity index (χ3n) is 5.16. The maximum atomic E-state index is 12.5. The first-order valence-corrected chi connectivity index (χ1v) is 9.28. The van der Waals surface area contributed by atoms with E-state index in [4.69, 9.17) is 4.74 Å². The predicted molar refractivity (Wildman–Crippen MR) is 104 cm³/mol. The van der Waals surface area contributed by atoms with Gasteiger partial charge < -0.3 is 14.6 Å². The van der Waals surface area contributed by atoms with Crippen molar-refractivity contribution in [2.24, 2.45) is 0 Å². The molecule has 3 aromatic rings. The topological polar surface area (TPSA) is 67.3 Å². The summed E-state index contributed by atoms with van der Waals surface area (Å²) in [6, 6.07) is 15.5. The molecule has 1 fully saturated rings. The number of rotatable bonds is 4. The summed E-state index contributed by atoms with van der Waals surface area (Å²) in [4.78, 5) is 29.5. The predicted octanol–water partition coefficient (Wildman–Crippen LogP) is 2.88. The van der Waals surface area contributed by atoms with Crippen LogP contribution >= 0.6 is 0 Å². The molecule has 27 heavy (non-hydrogen) atoms. The van der Waals surface area contributed by atoms with Crippen LogP contribution in [0.1, 0.15) is 24.4 Å². The van der Waals surface area contributed by atoms with Crippen molar-refractivity contribution in [1.29, 1.82) is 0 Å². The van der Waals surface area contributed by atoms with Crippen molar-refractivity contribution in [1.82, 2.24) is 14.5 Å². The summed E-state index contributed by atoms with van der Waals surface area (Å²) in [6.07, 6.45) is 1.52. The first-order chi connectivity index (χ1) is 13.1. The number of aryl methyl sites for hydroxylation is 1. The fourth-order valence-corrected chi connectivity index (χ4v) is 3.75. The van der Waals surface area contributed by atoms with Crippen LogP contribution in [0.2, 0.25) is 0 Å². The SMILES string of the molecule is Cc1cccc(OCC(=O)N2CCC(n3c(=O)[nH]c4ccccc43)CC2)c1. The van der Waals surface area contributed by atoms with Gasteiger partial charge in [-0.2, -0.15) is 0 Å². The highest BCUT2D eigenvalue weighted by Gasteiger charge is 2.26. The molecular formula is C21H23N3O3. The highest BCUT2D eigenvalue weighted by Crippen LogP contribution is 2.25. The smallest absolute Gasteiger partial charge is 0.326 e. The zero-order valence-corrected chi connectivity index (χ0v) is 15.4. The Morgan fingerprint density at radius 1 is 1.15 bits per heavy atom. The van der Waals surface area contributed by atoms with Gasteiger partial charge in [-0.15, -0.1) is 0 Å². The number of aromatic nitrogens is 2. The van der Waals surface area contributed by atoms with E-state index in [2.05, 4.69) is 4.98 Å². The molecule has 6 nitrogen and oxygen atoms in total. The van der Waals surface area contributed by atoms with E-state index >= 15 is 0 Å². The first-order valence-electron chi connectivity index (χ1n) is 9.28. The number of aromatic amines is 1. The van der Waals surface area contributed by atoms with Gasteiger partial charge in [-0.1, -0.05) is 24.3 Å². The third kappa shape index (κ3) is 3.60. The van der Waals surface area contributed by atoms with Crippen molar-refractivity contribution in [2.45, 2.75) is 25.8 Å². The molecule has 140 valence electrons. The average Bonchev–Trinajstić information content (AvgIpc) is 3.02. The number of carbonyl (C=O) groups excluding carboxylic acids is 1. The number of imidazole rings is 1. The van der Waals surface area contributed by atoms with Crippen molar-refractivity contribution < 1.29 is 9.53 Å². The van der Waals surface area contributed by atoms with Crippen molar-refractivity contribution in [2.75, 3.05) is 19.7 Å². The molecule has 0 unspecified atom stereocenters. The van der Waals surface area contributed by atoms with Gasteiger partial charge in [-0.05, 0) is 49.6 Å². The quantitative estimate of drug-likeness (QED) is 0.773. The third-order valence-corrected chi connectivity index (χ3v) is 5.16. The molecular weight excluding hydrogens is 342 g/mol. The highest BCUT2D eigenvalue weighted by molar-refractivity contribution is 5.78. The molecule has 1 amide bonds. The number of hydrogen-bond acceptors (Lipinski definition) is 3. The number of carbonyl (C=O) groups is 1. The Hall–Kier alpha value is -3.02. The molecule has 6 heteroatoms. The second-order valence-corrected chi connectivity index (χ2v) is 7.03. The van der Waals surface area contributed by atoms with E-state index in [0.29, 0.717) is 18.8 Å². The van der Waals surface area contributed by atoms with E-state index < -0.39 is 0 Å². The Labute approximate surface area is 157 Å². The lowest BCUT2D eigenvalue weighted by molar-refractivity contribution is -0.134. The number of nitrogens with zero attached hydrogens (tertiary/aromatic N) is 2. The van der Waals surface area contributed by atoms with Crippen molar-refractivity contribution in [3.8, 4) is 5.75 Å². The standard InChI is InChI=1S/C21H23N3O3/c1-15-5-4-6-17(13-15)27-14-20(25)23-11-9-16(10-12-23)24-19-8-3-2-7-18(19)22-21(24)26/h2-8,13,16H,9-12,14H2,1H3,(H,22,26). The zero-order chi connectivity index (χ0) is 18.8. The van der Waals surface area contributed by atoms with E-state index in [0.717, 1.165) is 29.4 Å². The van der Waals surface area contributed by atoms with Gasteiger partial charge in [0.2, 0.25) is 0 Å². The van der Waals surface area contributed by atoms with Crippen LogP contribution in [0.4, 0.5) is 0 Å². The summed E-state index contributed by atoms with van der Waals surface area (Å²) in [5, 5.41) is 0. The number of amides is 1. The van der Waals surface area contributed by atoms with Crippen LogP contribution in [0.3, 0.4) is 0 Å². The van der Waals surface area contributed by atoms with Crippen molar-refractivity contribution in [3.05, 3.63) is 64.6 Å². The largest absolute Gasteiger partial charge is 0.484 e. The lowest BCUT2D eigenvalue weighted by atomic mass is 10.0. The number of benzene rings is 2. The minimum atomic E-state index is -0.0799. The molecule has 1 saturated heterocycles. The van der Waals surface area contributed by atoms with Crippen LogP contribution in [-0.2, 0) is 4.79 Å². The number of fused-ring (bicyclic) bond motifs is 1. The lowest BCUT2D eigenvalue weighted by Gasteiger charge is -2.32. The molecule has 0 saturated carbocycles. The Kier molecular flexibility index (Phi) is 4.71. The molecule has 0 bridgehead atoms. The van der Waals surface area contributed by atoms with E-state index in [1.165, 1.54) is 0 Å². The zero-order valence-electron chi connectivity index (χ0n) is 15.4. The Balaban J connectivity index is 1.37. The monoisotopic (exact) mass is 365 g/mol. The van der Waals surface area contributed by atoms with E-state index in [-0.39, 0.29) is 24.2 Å². The molecule has 0 spiro atoms. The number of H-pyrrole nitrogens is 1. The maximum Gasteiger partial charge on any atom is 0.326 e. The molecule has 4 rings (SSSR count). The molecule has 0 aliphatic carbocycles. The number of hydrogen-bond donors (Lipinski definition) is 1. The highest BCUT2D eigenvalue weighted by atomic mass is 16.5. The van der Waals surface area contributed by atoms with Crippen LogP contribution in [0, 0.1) is 6.92 Å². The number of ether oxygens (including phenoxy) is 1. The molecule has 0 atom stereocenters. The van der Waals surface area contributed by atoms with Crippen LogP contribution in [0.15, 0.2) is 53.3 Å². The molecule has 2 aromatic carbocycles. The van der Waals surface area contributed by atoms with Crippen molar-refractivity contribution in [3.63, 3.8) is 0 Å². The summed E-state index contributed by atoms with van der Waals surface area (Å²) in [5.74, 6) is 0.699. The van der Waals surface area contributed by atoms with Crippen LogP contribution in [0.5, 0.6) is 5.75 Å². The summed E-state index contributed by atoms with van der Waals surface area (Å²) in [7, 11) is 0. The minimum absolute atomic E-state index is 0.0128. The molecule has 1 aliphatic heterocycles.